The minimum Gasteiger partial charge on any atom is -0.493 e. The minimum absolute atomic E-state index is 0.512. The number of ether oxygens (including phenoxy) is 2. The van der Waals surface area contributed by atoms with Crippen LogP contribution >= 0.6 is 15.9 Å². The van der Waals surface area contributed by atoms with Crippen LogP contribution in [-0.2, 0) is 0 Å². The topological polar surface area (TPSA) is 18.5 Å². The molecule has 1 unspecified atom stereocenters. The van der Waals surface area contributed by atoms with Crippen LogP contribution in [0.4, 0.5) is 0 Å². The highest BCUT2D eigenvalue weighted by molar-refractivity contribution is 9.09. The van der Waals surface area contributed by atoms with E-state index in [1.54, 1.807) is 0 Å². The largest absolute Gasteiger partial charge is 0.493 e. The van der Waals surface area contributed by atoms with Crippen molar-refractivity contribution in [3.8, 4) is 11.5 Å². The first-order valence-corrected chi connectivity index (χ1v) is 10.4. The quantitative estimate of drug-likeness (QED) is 0.315. The Labute approximate surface area is 161 Å². The molecule has 2 aromatic carbocycles. The monoisotopic (exact) mass is 406 g/mol. The molecular formula is C22H31BrO2. The van der Waals surface area contributed by atoms with Gasteiger partial charge in [-0.1, -0.05) is 54.4 Å². The maximum absolute atomic E-state index is 6.10. The Balaban J connectivity index is 2.07. The van der Waals surface area contributed by atoms with Crippen LogP contribution in [0.5, 0.6) is 11.5 Å². The van der Waals surface area contributed by atoms with E-state index in [0.717, 1.165) is 41.9 Å². The average molecular weight is 407 g/mol. The molecule has 25 heavy (non-hydrogen) atoms. The summed E-state index contributed by atoms with van der Waals surface area (Å²) in [5.74, 6) is 2.42. The Morgan fingerprint density at radius 2 is 1.68 bits per heavy atom. The van der Waals surface area contributed by atoms with E-state index < -0.39 is 0 Å². The molecule has 0 spiro atoms. The van der Waals surface area contributed by atoms with Gasteiger partial charge in [0.05, 0.1) is 13.2 Å². The summed E-state index contributed by atoms with van der Waals surface area (Å²) in [7, 11) is 0. The maximum atomic E-state index is 6.10. The summed E-state index contributed by atoms with van der Waals surface area (Å²) in [4.78, 5) is 0.633. The molecule has 0 N–H and O–H groups in total. The van der Waals surface area contributed by atoms with Crippen LogP contribution < -0.4 is 9.47 Å². The lowest BCUT2D eigenvalue weighted by atomic mass is 10.1. The van der Waals surface area contributed by atoms with Crippen molar-refractivity contribution in [3.63, 3.8) is 0 Å². The van der Waals surface area contributed by atoms with Crippen LogP contribution in [0.25, 0.3) is 10.8 Å². The Morgan fingerprint density at radius 3 is 2.36 bits per heavy atom. The van der Waals surface area contributed by atoms with Gasteiger partial charge in [-0.25, -0.2) is 0 Å². The molecule has 0 fully saturated rings. The fourth-order valence-electron chi connectivity index (χ4n) is 2.77. The molecule has 0 heterocycles. The summed E-state index contributed by atoms with van der Waals surface area (Å²) in [6, 6.07) is 10.6. The molecule has 0 aliphatic heterocycles. The molecule has 3 heteroatoms. The van der Waals surface area contributed by atoms with Crippen LogP contribution in [0, 0.1) is 12.8 Å². The van der Waals surface area contributed by atoms with E-state index in [4.69, 9.17) is 9.47 Å². The summed E-state index contributed by atoms with van der Waals surface area (Å²) in [6.45, 7) is 10.2. The van der Waals surface area contributed by atoms with E-state index in [2.05, 4.69) is 67.9 Å². The van der Waals surface area contributed by atoms with E-state index in [1.807, 2.05) is 6.07 Å². The highest BCUT2D eigenvalue weighted by Crippen LogP contribution is 2.34. The third-order valence-corrected chi connectivity index (χ3v) is 5.38. The van der Waals surface area contributed by atoms with Gasteiger partial charge in [0.25, 0.3) is 0 Å². The van der Waals surface area contributed by atoms with Gasteiger partial charge in [-0.05, 0) is 56.7 Å². The third kappa shape index (κ3) is 6.22. The number of hydrogen-bond donors (Lipinski definition) is 0. The van der Waals surface area contributed by atoms with E-state index >= 15 is 0 Å². The number of aryl methyl sites for hydroxylation is 1. The van der Waals surface area contributed by atoms with Gasteiger partial charge >= 0.3 is 0 Å². The normalized spacial score (nSPS) is 12.6. The molecule has 0 radical (unpaired) electrons. The van der Waals surface area contributed by atoms with Gasteiger partial charge < -0.3 is 9.47 Å². The molecule has 0 bridgehead atoms. The molecule has 0 saturated carbocycles. The Morgan fingerprint density at radius 1 is 0.960 bits per heavy atom. The standard InChI is InChI=1S/C22H31BrO2/c1-5-18(23)8-6-7-13-24-22-12-11-21(25-15-16(2)3)19-10-9-17(4)14-20(19)22/h9-12,14,16,18H,5-8,13,15H2,1-4H3. The SMILES string of the molecule is CCC(Br)CCCCOc1ccc(OCC(C)C)c2ccc(C)cc12. The molecular weight excluding hydrogens is 376 g/mol. The van der Waals surface area contributed by atoms with Crippen molar-refractivity contribution in [2.75, 3.05) is 13.2 Å². The zero-order chi connectivity index (χ0) is 18.2. The van der Waals surface area contributed by atoms with E-state index in [-0.39, 0.29) is 0 Å². The van der Waals surface area contributed by atoms with E-state index in [0.29, 0.717) is 10.7 Å². The first-order chi connectivity index (χ1) is 12.0. The molecule has 1 atom stereocenters. The molecule has 2 rings (SSSR count). The Hall–Kier alpha value is -1.22. The van der Waals surface area contributed by atoms with E-state index in [1.165, 1.54) is 24.8 Å². The lowest BCUT2D eigenvalue weighted by Crippen LogP contribution is -2.05. The summed E-state index contributed by atoms with van der Waals surface area (Å²) in [5.41, 5.74) is 1.24. The van der Waals surface area contributed by atoms with Crippen LogP contribution in [0.1, 0.15) is 52.0 Å². The molecule has 2 nitrogen and oxygen atoms in total. The number of rotatable bonds is 10. The fraction of sp³-hybridized carbons (Fsp3) is 0.545. The van der Waals surface area contributed by atoms with Gasteiger partial charge in [-0.2, -0.15) is 0 Å². The first kappa shape index (κ1) is 20.1. The summed E-state index contributed by atoms with van der Waals surface area (Å²) in [5, 5.41) is 2.28. The molecule has 0 saturated heterocycles. The molecule has 0 aromatic heterocycles. The molecule has 0 aliphatic rings. The second kappa shape index (κ2) is 10.1. The fourth-order valence-corrected chi connectivity index (χ4v) is 3.09. The summed E-state index contributed by atoms with van der Waals surface area (Å²) >= 11 is 3.69. The van der Waals surface area contributed by atoms with Gasteiger partial charge in [-0.3, -0.25) is 0 Å². The van der Waals surface area contributed by atoms with Crippen molar-refractivity contribution < 1.29 is 9.47 Å². The zero-order valence-corrected chi connectivity index (χ0v) is 17.6. The summed E-state index contributed by atoms with van der Waals surface area (Å²) < 4.78 is 12.1. The Bertz CT molecular complexity index is 666. The Kier molecular flexibility index (Phi) is 8.08. The van der Waals surface area contributed by atoms with Crippen molar-refractivity contribution in [1.29, 1.82) is 0 Å². The first-order valence-electron chi connectivity index (χ1n) is 9.44. The maximum Gasteiger partial charge on any atom is 0.127 e. The molecule has 2 aromatic rings. The van der Waals surface area contributed by atoms with Crippen molar-refractivity contribution >= 4 is 26.7 Å². The number of fused-ring (bicyclic) bond motifs is 1. The average Bonchev–Trinajstić information content (AvgIpc) is 2.59. The highest BCUT2D eigenvalue weighted by Gasteiger charge is 2.09. The van der Waals surface area contributed by atoms with Gasteiger partial charge in [-0.15, -0.1) is 0 Å². The van der Waals surface area contributed by atoms with Crippen molar-refractivity contribution in [3.05, 3.63) is 35.9 Å². The molecule has 0 aliphatic carbocycles. The lowest BCUT2D eigenvalue weighted by Gasteiger charge is -2.15. The summed E-state index contributed by atoms with van der Waals surface area (Å²) in [6.07, 6.45) is 4.67. The van der Waals surface area contributed by atoms with E-state index in [9.17, 15) is 0 Å². The van der Waals surface area contributed by atoms with Crippen molar-refractivity contribution in [1.82, 2.24) is 0 Å². The van der Waals surface area contributed by atoms with Crippen LogP contribution in [0.3, 0.4) is 0 Å². The highest BCUT2D eigenvalue weighted by atomic mass is 79.9. The minimum atomic E-state index is 0.512. The smallest absolute Gasteiger partial charge is 0.127 e. The number of alkyl halides is 1. The van der Waals surface area contributed by atoms with Gasteiger partial charge in [0.1, 0.15) is 11.5 Å². The zero-order valence-electron chi connectivity index (χ0n) is 16.0. The van der Waals surface area contributed by atoms with Gasteiger partial charge in [0, 0.05) is 15.6 Å². The van der Waals surface area contributed by atoms with Crippen LogP contribution in [0.15, 0.2) is 30.3 Å². The van der Waals surface area contributed by atoms with Gasteiger partial charge in [0.15, 0.2) is 0 Å². The number of halogens is 1. The lowest BCUT2D eigenvalue weighted by molar-refractivity contribution is 0.273. The van der Waals surface area contributed by atoms with Gasteiger partial charge in [0.2, 0.25) is 0 Å². The second-order valence-electron chi connectivity index (χ2n) is 7.17. The predicted molar refractivity (Wildman–Crippen MR) is 111 cm³/mol. The predicted octanol–water partition coefficient (Wildman–Crippen LogP) is 6.91. The second-order valence-corrected chi connectivity index (χ2v) is 8.46. The van der Waals surface area contributed by atoms with Crippen molar-refractivity contribution in [2.24, 2.45) is 5.92 Å². The molecule has 0 amide bonds. The van der Waals surface area contributed by atoms with Crippen LogP contribution in [-0.4, -0.2) is 18.0 Å². The van der Waals surface area contributed by atoms with Crippen molar-refractivity contribution in [2.45, 2.75) is 58.2 Å². The number of unbranched alkanes of at least 4 members (excludes halogenated alkanes) is 1. The molecule has 138 valence electrons. The van der Waals surface area contributed by atoms with Crippen LogP contribution in [0.2, 0.25) is 0 Å². The number of benzene rings is 2. The number of hydrogen-bond acceptors (Lipinski definition) is 2. The third-order valence-electron chi connectivity index (χ3n) is 4.28.